The summed E-state index contributed by atoms with van der Waals surface area (Å²) in [6.07, 6.45) is 3.59. The van der Waals surface area contributed by atoms with Gasteiger partial charge in [-0.05, 0) is 6.07 Å². The van der Waals surface area contributed by atoms with Crippen LogP contribution >= 0.6 is 0 Å². The van der Waals surface area contributed by atoms with Crippen LogP contribution in [0.4, 0.5) is 0 Å². The zero-order chi connectivity index (χ0) is 8.39. The van der Waals surface area contributed by atoms with Crippen molar-refractivity contribution in [1.82, 2.24) is 14.6 Å². The number of ether oxygens (including phenoxy) is 1. The van der Waals surface area contributed by atoms with E-state index in [4.69, 9.17) is 4.74 Å². The van der Waals surface area contributed by atoms with Crippen LogP contribution in [-0.4, -0.2) is 21.7 Å². The minimum Gasteiger partial charge on any atom is -0.378 e. The lowest BCUT2D eigenvalue weighted by molar-refractivity contribution is 0.181. The molecular weight excluding hydrogens is 154 g/mol. The van der Waals surface area contributed by atoms with E-state index >= 15 is 0 Å². The average Bonchev–Trinajstić information content (AvgIpc) is 2.51. The van der Waals surface area contributed by atoms with Crippen LogP contribution in [-0.2, 0) is 11.3 Å². The van der Waals surface area contributed by atoms with E-state index in [0.29, 0.717) is 6.61 Å². The number of rotatable bonds is 2. The Balaban J connectivity index is 2.46. The van der Waals surface area contributed by atoms with E-state index in [1.54, 1.807) is 17.8 Å². The second-order valence-electron chi connectivity index (χ2n) is 2.49. The summed E-state index contributed by atoms with van der Waals surface area (Å²) in [5.41, 5.74) is 1.77. The average molecular weight is 163 g/mol. The van der Waals surface area contributed by atoms with Gasteiger partial charge in [-0.25, -0.2) is 9.50 Å². The molecule has 0 aromatic carbocycles. The van der Waals surface area contributed by atoms with Gasteiger partial charge in [0.15, 0.2) is 5.65 Å². The molecule has 2 rings (SSSR count). The highest BCUT2D eigenvalue weighted by Gasteiger charge is 1.96. The summed E-state index contributed by atoms with van der Waals surface area (Å²) in [6.45, 7) is 0.543. The van der Waals surface area contributed by atoms with Crippen LogP contribution in [0.1, 0.15) is 5.69 Å². The third-order valence-electron chi connectivity index (χ3n) is 1.61. The third kappa shape index (κ3) is 1.16. The first kappa shape index (κ1) is 7.24. The van der Waals surface area contributed by atoms with E-state index in [9.17, 15) is 0 Å². The van der Waals surface area contributed by atoms with Crippen LogP contribution in [0.5, 0.6) is 0 Å². The fourth-order valence-corrected chi connectivity index (χ4v) is 1.08. The molecule has 0 fully saturated rings. The molecule has 4 heteroatoms. The minimum atomic E-state index is 0.543. The normalized spacial score (nSPS) is 10.8. The molecule has 0 aliphatic carbocycles. The summed E-state index contributed by atoms with van der Waals surface area (Å²) in [7, 11) is 1.66. The Kier molecular flexibility index (Phi) is 1.75. The highest BCUT2D eigenvalue weighted by molar-refractivity contribution is 5.36. The Morgan fingerprint density at radius 2 is 2.42 bits per heavy atom. The van der Waals surface area contributed by atoms with Gasteiger partial charge in [0.25, 0.3) is 0 Å². The lowest BCUT2D eigenvalue weighted by Crippen LogP contribution is -1.95. The maximum Gasteiger partial charge on any atom is 0.155 e. The van der Waals surface area contributed by atoms with Gasteiger partial charge in [0.1, 0.15) is 0 Å². The zero-order valence-corrected chi connectivity index (χ0v) is 6.77. The van der Waals surface area contributed by atoms with Crippen LogP contribution in [0, 0.1) is 0 Å². The number of hydrogen-bond acceptors (Lipinski definition) is 3. The van der Waals surface area contributed by atoms with Crippen LogP contribution in [0.2, 0.25) is 0 Å². The molecule has 12 heavy (non-hydrogen) atoms. The van der Waals surface area contributed by atoms with Crippen molar-refractivity contribution in [2.24, 2.45) is 0 Å². The Hall–Kier alpha value is -1.42. The van der Waals surface area contributed by atoms with Gasteiger partial charge in [0.2, 0.25) is 0 Å². The minimum absolute atomic E-state index is 0.543. The first-order chi connectivity index (χ1) is 5.90. The number of nitrogens with zero attached hydrogens (tertiary/aromatic N) is 3. The van der Waals surface area contributed by atoms with E-state index in [0.717, 1.165) is 11.3 Å². The Morgan fingerprint density at radius 3 is 3.25 bits per heavy atom. The zero-order valence-electron chi connectivity index (χ0n) is 6.77. The van der Waals surface area contributed by atoms with E-state index in [1.165, 1.54) is 0 Å². The van der Waals surface area contributed by atoms with Crippen molar-refractivity contribution in [3.8, 4) is 0 Å². The second-order valence-corrected chi connectivity index (χ2v) is 2.49. The number of fused-ring (bicyclic) bond motifs is 1. The van der Waals surface area contributed by atoms with Gasteiger partial charge in [0, 0.05) is 19.4 Å². The molecule has 0 aliphatic rings. The van der Waals surface area contributed by atoms with Crippen molar-refractivity contribution in [2.75, 3.05) is 7.11 Å². The van der Waals surface area contributed by atoms with E-state index in [1.807, 2.05) is 18.3 Å². The van der Waals surface area contributed by atoms with Gasteiger partial charge in [0.05, 0.1) is 18.5 Å². The predicted octanol–water partition coefficient (Wildman–Crippen LogP) is 0.876. The first-order valence-electron chi connectivity index (χ1n) is 3.68. The molecule has 0 atom stereocenters. The van der Waals surface area contributed by atoms with Crippen LogP contribution < -0.4 is 0 Å². The van der Waals surface area contributed by atoms with Crippen LogP contribution in [0.25, 0.3) is 5.65 Å². The SMILES string of the molecule is COCc1ccn2nccc2n1. The fourth-order valence-electron chi connectivity index (χ4n) is 1.08. The number of aromatic nitrogens is 3. The van der Waals surface area contributed by atoms with E-state index < -0.39 is 0 Å². The van der Waals surface area contributed by atoms with Crippen molar-refractivity contribution in [1.29, 1.82) is 0 Å². The third-order valence-corrected chi connectivity index (χ3v) is 1.61. The fraction of sp³-hybridized carbons (Fsp3) is 0.250. The first-order valence-corrected chi connectivity index (χ1v) is 3.68. The maximum atomic E-state index is 4.96. The molecule has 0 saturated heterocycles. The monoisotopic (exact) mass is 163 g/mol. The standard InChI is InChI=1S/C8H9N3O/c1-12-6-7-3-5-11-8(10-7)2-4-9-11/h2-5H,6H2,1H3. The summed E-state index contributed by atoms with van der Waals surface area (Å²) >= 11 is 0. The van der Waals surface area contributed by atoms with Gasteiger partial charge in [-0.1, -0.05) is 0 Å². The Labute approximate surface area is 69.8 Å². The van der Waals surface area contributed by atoms with Crippen molar-refractivity contribution in [3.05, 3.63) is 30.2 Å². The molecule has 0 aliphatic heterocycles. The Morgan fingerprint density at radius 1 is 1.50 bits per heavy atom. The van der Waals surface area contributed by atoms with E-state index in [-0.39, 0.29) is 0 Å². The largest absolute Gasteiger partial charge is 0.378 e. The lowest BCUT2D eigenvalue weighted by atomic mass is 10.4. The predicted molar refractivity (Wildman–Crippen MR) is 43.7 cm³/mol. The van der Waals surface area contributed by atoms with Crippen molar-refractivity contribution >= 4 is 5.65 Å². The lowest BCUT2D eigenvalue weighted by Gasteiger charge is -1.98. The van der Waals surface area contributed by atoms with E-state index in [2.05, 4.69) is 10.1 Å². The quantitative estimate of drug-likeness (QED) is 0.659. The molecule has 0 amide bonds. The molecule has 0 spiro atoms. The molecule has 0 unspecified atom stereocenters. The number of hydrogen-bond donors (Lipinski definition) is 0. The van der Waals surface area contributed by atoms with Crippen LogP contribution in [0.3, 0.4) is 0 Å². The second kappa shape index (κ2) is 2.91. The highest BCUT2D eigenvalue weighted by Crippen LogP contribution is 2.01. The van der Waals surface area contributed by atoms with Gasteiger partial charge < -0.3 is 4.74 Å². The van der Waals surface area contributed by atoms with Crippen molar-refractivity contribution in [3.63, 3.8) is 0 Å². The molecule has 4 nitrogen and oxygen atoms in total. The molecule has 0 radical (unpaired) electrons. The smallest absolute Gasteiger partial charge is 0.155 e. The Bertz CT molecular complexity index is 382. The van der Waals surface area contributed by atoms with Crippen molar-refractivity contribution < 1.29 is 4.74 Å². The molecule has 2 aromatic heterocycles. The number of methoxy groups -OCH3 is 1. The molecule has 62 valence electrons. The molecule has 2 heterocycles. The summed E-state index contributed by atoms with van der Waals surface area (Å²) < 4.78 is 6.68. The molecule has 0 N–H and O–H groups in total. The maximum absolute atomic E-state index is 4.96. The van der Waals surface area contributed by atoms with Crippen LogP contribution in [0.15, 0.2) is 24.5 Å². The van der Waals surface area contributed by atoms with Gasteiger partial charge in [-0.3, -0.25) is 0 Å². The highest BCUT2D eigenvalue weighted by atomic mass is 16.5. The molecule has 2 aromatic rings. The molecule has 0 bridgehead atoms. The summed E-state index contributed by atoms with van der Waals surface area (Å²) in [6, 6.07) is 3.75. The topological polar surface area (TPSA) is 39.4 Å². The van der Waals surface area contributed by atoms with Gasteiger partial charge >= 0.3 is 0 Å². The van der Waals surface area contributed by atoms with Crippen molar-refractivity contribution in [2.45, 2.75) is 6.61 Å². The summed E-state index contributed by atoms with van der Waals surface area (Å²) in [5.74, 6) is 0. The summed E-state index contributed by atoms with van der Waals surface area (Å²) in [5, 5.41) is 4.03. The van der Waals surface area contributed by atoms with Gasteiger partial charge in [-0.15, -0.1) is 0 Å². The molecule has 0 saturated carbocycles. The van der Waals surface area contributed by atoms with Gasteiger partial charge in [-0.2, -0.15) is 5.10 Å². The molecular formula is C8H9N3O. The summed E-state index contributed by atoms with van der Waals surface area (Å²) in [4.78, 5) is 4.30.